The minimum Gasteiger partial charge on any atom is -0.491 e. The first kappa shape index (κ1) is 17.7. The average molecular weight is 359 g/mol. The Bertz CT molecular complexity index is 402. The van der Waals surface area contributed by atoms with E-state index in [1.165, 1.54) is 5.56 Å². The average Bonchev–Trinajstić information content (AvgIpc) is 2.33. The van der Waals surface area contributed by atoms with Crippen LogP contribution in [0.1, 0.15) is 26.3 Å². The van der Waals surface area contributed by atoms with Crippen molar-refractivity contribution in [3.8, 4) is 5.75 Å². The van der Waals surface area contributed by atoms with Gasteiger partial charge in [0.25, 0.3) is 0 Å². The van der Waals surface area contributed by atoms with Crippen LogP contribution in [0.5, 0.6) is 5.75 Å². The van der Waals surface area contributed by atoms with E-state index < -0.39 is 9.04 Å². The van der Waals surface area contributed by atoms with Gasteiger partial charge in [0.2, 0.25) is 0 Å². The van der Waals surface area contributed by atoms with Crippen LogP contribution >= 0.6 is 15.9 Å². The standard InChI is InChI=1S/C16H27BrO2Si/c1-16(2,3)15(19-20(4)5)12-18-14-8-6-7-13(11-14)9-10-17/h6-8,11,15,20H,9-10,12H2,1-5H3. The zero-order valence-corrected chi connectivity index (χ0v) is 16.0. The fraction of sp³-hybridized carbons (Fsp3) is 0.625. The lowest BCUT2D eigenvalue weighted by Gasteiger charge is -2.32. The van der Waals surface area contributed by atoms with Crippen molar-refractivity contribution >= 4 is 25.0 Å². The molecule has 0 spiro atoms. The van der Waals surface area contributed by atoms with Gasteiger partial charge in [-0.05, 0) is 42.6 Å². The quantitative estimate of drug-likeness (QED) is 0.530. The molecule has 1 aromatic rings. The van der Waals surface area contributed by atoms with E-state index in [1.807, 2.05) is 6.07 Å². The number of hydrogen-bond acceptors (Lipinski definition) is 2. The summed E-state index contributed by atoms with van der Waals surface area (Å²) in [7, 11) is -1.06. The van der Waals surface area contributed by atoms with Gasteiger partial charge in [-0.2, -0.15) is 0 Å². The van der Waals surface area contributed by atoms with Gasteiger partial charge in [-0.25, -0.2) is 0 Å². The van der Waals surface area contributed by atoms with E-state index in [0.717, 1.165) is 17.5 Å². The fourth-order valence-electron chi connectivity index (χ4n) is 1.89. The molecular weight excluding hydrogens is 332 g/mol. The van der Waals surface area contributed by atoms with E-state index >= 15 is 0 Å². The Balaban J connectivity index is 2.65. The van der Waals surface area contributed by atoms with E-state index in [1.54, 1.807) is 0 Å². The van der Waals surface area contributed by atoms with Crippen LogP contribution in [0.25, 0.3) is 0 Å². The number of rotatable bonds is 7. The predicted octanol–water partition coefficient (Wildman–Crippen LogP) is 4.42. The van der Waals surface area contributed by atoms with Gasteiger partial charge >= 0.3 is 0 Å². The molecule has 0 heterocycles. The number of halogens is 1. The summed E-state index contributed by atoms with van der Waals surface area (Å²) < 4.78 is 12.1. The van der Waals surface area contributed by atoms with Gasteiger partial charge in [-0.15, -0.1) is 0 Å². The first-order valence-electron chi connectivity index (χ1n) is 7.26. The van der Waals surface area contributed by atoms with Crippen LogP contribution in [0.3, 0.4) is 0 Å². The normalized spacial score (nSPS) is 13.6. The lowest BCUT2D eigenvalue weighted by Crippen LogP contribution is -2.38. The summed E-state index contributed by atoms with van der Waals surface area (Å²) in [6.45, 7) is 11.6. The molecule has 0 bridgehead atoms. The van der Waals surface area contributed by atoms with Crippen LogP contribution in [0.15, 0.2) is 24.3 Å². The zero-order valence-electron chi connectivity index (χ0n) is 13.3. The molecule has 0 aliphatic carbocycles. The number of alkyl halides is 1. The second-order valence-electron chi connectivity index (χ2n) is 6.44. The number of hydrogen-bond donors (Lipinski definition) is 0. The smallest absolute Gasteiger partial charge is 0.171 e. The highest BCUT2D eigenvalue weighted by atomic mass is 79.9. The maximum absolute atomic E-state index is 6.12. The van der Waals surface area contributed by atoms with E-state index in [4.69, 9.17) is 9.16 Å². The maximum Gasteiger partial charge on any atom is 0.171 e. The molecule has 4 heteroatoms. The van der Waals surface area contributed by atoms with Crippen LogP contribution in [0.4, 0.5) is 0 Å². The van der Waals surface area contributed by atoms with E-state index in [-0.39, 0.29) is 11.5 Å². The largest absolute Gasteiger partial charge is 0.491 e. The van der Waals surface area contributed by atoms with Gasteiger partial charge in [0.15, 0.2) is 9.04 Å². The minimum absolute atomic E-state index is 0.102. The van der Waals surface area contributed by atoms with E-state index in [9.17, 15) is 0 Å². The van der Waals surface area contributed by atoms with Crippen LogP contribution < -0.4 is 4.74 Å². The molecule has 0 saturated carbocycles. The molecule has 20 heavy (non-hydrogen) atoms. The molecule has 0 aliphatic rings. The van der Waals surface area contributed by atoms with Gasteiger partial charge in [0.1, 0.15) is 12.4 Å². The Labute approximate surface area is 133 Å². The summed E-state index contributed by atoms with van der Waals surface area (Å²) in [5.41, 5.74) is 1.40. The highest BCUT2D eigenvalue weighted by molar-refractivity contribution is 9.09. The molecular formula is C16H27BrO2Si. The monoisotopic (exact) mass is 358 g/mol. The second kappa shape index (κ2) is 8.20. The van der Waals surface area contributed by atoms with Crippen molar-refractivity contribution in [2.24, 2.45) is 5.41 Å². The van der Waals surface area contributed by atoms with Crippen molar-refractivity contribution in [1.29, 1.82) is 0 Å². The number of aryl methyl sites for hydroxylation is 1. The van der Waals surface area contributed by atoms with Crippen molar-refractivity contribution in [1.82, 2.24) is 0 Å². The summed E-state index contributed by atoms with van der Waals surface area (Å²) in [4.78, 5) is 0. The summed E-state index contributed by atoms with van der Waals surface area (Å²) in [6, 6.07) is 8.32. The molecule has 2 nitrogen and oxygen atoms in total. The first-order valence-corrected chi connectivity index (χ1v) is 11.2. The van der Waals surface area contributed by atoms with Gasteiger partial charge in [0, 0.05) is 5.33 Å². The first-order chi connectivity index (χ1) is 9.32. The molecule has 0 radical (unpaired) electrons. The lowest BCUT2D eigenvalue weighted by atomic mass is 9.90. The fourth-order valence-corrected chi connectivity index (χ4v) is 3.50. The Morgan fingerprint density at radius 3 is 2.50 bits per heavy atom. The number of ether oxygens (including phenoxy) is 1. The molecule has 0 fully saturated rings. The molecule has 114 valence electrons. The maximum atomic E-state index is 6.12. The molecule has 0 N–H and O–H groups in total. The van der Waals surface area contributed by atoms with Crippen molar-refractivity contribution in [2.45, 2.75) is 46.4 Å². The molecule has 1 rings (SSSR count). The SMILES string of the molecule is C[SiH](C)OC(COc1cccc(CCBr)c1)C(C)(C)C. The summed E-state index contributed by atoms with van der Waals surface area (Å²) in [6.07, 6.45) is 1.17. The third kappa shape index (κ3) is 6.42. The Hall–Kier alpha value is -0.323. The Morgan fingerprint density at radius 1 is 1.25 bits per heavy atom. The number of benzene rings is 1. The summed E-state index contributed by atoms with van der Waals surface area (Å²) in [5, 5.41) is 0.975. The van der Waals surface area contributed by atoms with Gasteiger partial charge in [-0.3, -0.25) is 0 Å². The Morgan fingerprint density at radius 2 is 1.95 bits per heavy atom. The van der Waals surface area contributed by atoms with Crippen LogP contribution in [0, 0.1) is 5.41 Å². The lowest BCUT2D eigenvalue weighted by molar-refractivity contribution is 0.0412. The molecule has 1 atom stereocenters. The minimum atomic E-state index is -1.06. The molecule has 1 aromatic carbocycles. The third-order valence-electron chi connectivity index (χ3n) is 3.09. The molecule has 1 unspecified atom stereocenters. The predicted molar refractivity (Wildman–Crippen MR) is 92.6 cm³/mol. The molecule has 0 amide bonds. The topological polar surface area (TPSA) is 18.5 Å². The third-order valence-corrected chi connectivity index (χ3v) is 4.35. The molecule has 0 aliphatic heterocycles. The summed E-state index contributed by atoms with van der Waals surface area (Å²) >= 11 is 3.47. The zero-order chi connectivity index (χ0) is 15.2. The van der Waals surface area contributed by atoms with Crippen LogP contribution in [0.2, 0.25) is 13.1 Å². The summed E-state index contributed by atoms with van der Waals surface area (Å²) in [5.74, 6) is 0.937. The van der Waals surface area contributed by atoms with Crippen molar-refractivity contribution in [2.75, 3.05) is 11.9 Å². The van der Waals surface area contributed by atoms with Gasteiger partial charge < -0.3 is 9.16 Å². The second-order valence-corrected chi connectivity index (χ2v) is 9.60. The highest BCUT2D eigenvalue weighted by Crippen LogP contribution is 2.24. The van der Waals surface area contributed by atoms with E-state index in [0.29, 0.717) is 6.61 Å². The molecule has 0 saturated heterocycles. The van der Waals surface area contributed by atoms with Gasteiger partial charge in [-0.1, -0.05) is 48.8 Å². The molecule has 0 aromatic heterocycles. The van der Waals surface area contributed by atoms with Crippen LogP contribution in [-0.2, 0) is 10.8 Å². The van der Waals surface area contributed by atoms with Crippen molar-refractivity contribution in [3.05, 3.63) is 29.8 Å². The van der Waals surface area contributed by atoms with E-state index in [2.05, 4.69) is 68.0 Å². The van der Waals surface area contributed by atoms with Crippen molar-refractivity contribution in [3.63, 3.8) is 0 Å². The van der Waals surface area contributed by atoms with Crippen LogP contribution in [-0.4, -0.2) is 27.1 Å². The highest BCUT2D eigenvalue weighted by Gasteiger charge is 2.27. The van der Waals surface area contributed by atoms with Crippen molar-refractivity contribution < 1.29 is 9.16 Å². The van der Waals surface area contributed by atoms with Gasteiger partial charge in [0.05, 0.1) is 6.10 Å². The Kier molecular flexibility index (Phi) is 7.27.